The number of hydrogen-bond acceptors (Lipinski definition) is 11. The maximum atomic E-state index is 12.8. The molecule has 1 saturated heterocycles. The number of carbonyl (C=O) groups excluding carboxylic acids is 2. The number of unbranched alkanes of at least 4 members (excludes halogenated alkanes) is 9. The van der Waals surface area contributed by atoms with Gasteiger partial charge in [0.2, 0.25) is 0 Å². The first-order valence-corrected chi connectivity index (χ1v) is 23.8. The van der Waals surface area contributed by atoms with E-state index in [1.807, 2.05) is 12.2 Å². The first-order chi connectivity index (χ1) is 29.0. The summed E-state index contributed by atoms with van der Waals surface area (Å²) < 4.78 is 53.9. The van der Waals surface area contributed by atoms with Crippen molar-refractivity contribution in [3.8, 4) is 0 Å². The van der Waals surface area contributed by atoms with Crippen LogP contribution in [0.25, 0.3) is 0 Å². The highest BCUT2D eigenvalue weighted by Gasteiger charge is 2.46. The number of carbonyl (C=O) groups is 2. The summed E-state index contributed by atoms with van der Waals surface area (Å²) in [6, 6.07) is 0. The molecule has 1 rings (SSSR count). The molecule has 60 heavy (non-hydrogen) atoms. The summed E-state index contributed by atoms with van der Waals surface area (Å²) in [6.45, 7) is 3.53. The van der Waals surface area contributed by atoms with Crippen LogP contribution >= 0.6 is 0 Å². The van der Waals surface area contributed by atoms with Crippen LogP contribution in [0, 0.1) is 0 Å². The van der Waals surface area contributed by atoms with Crippen molar-refractivity contribution in [3.05, 3.63) is 85.1 Å². The summed E-state index contributed by atoms with van der Waals surface area (Å²) in [4.78, 5) is 25.3. The zero-order valence-corrected chi connectivity index (χ0v) is 37.1. The summed E-state index contributed by atoms with van der Waals surface area (Å²) in [7, 11) is -4.61. The summed E-state index contributed by atoms with van der Waals surface area (Å²) in [5, 5.41) is 30.8. The molecule has 13 heteroatoms. The van der Waals surface area contributed by atoms with E-state index in [1.54, 1.807) is 0 Å². The number of hydrogen-bond donors (Lipinski definition) is 4. The van der Waals surface area contributed by atoms with Crippen molar-refractivity contribution in [2.75, 3.05) is 19.0 Å². The molecule has 0 aliphatic carbocycles. The van der Waals surface area contributed by atoms with Gasteiger partial charge in [-0.05, 0) is 77.0 Å². The molecule has 0 amide bonds. The van der Waals surface area contributed by atoms with Crippen molar-refractivity contribution in [1.82, 2.24) is 0 Å². The van der Waals surface area contributed by atoms with Gasteiger partial charge in [0, 0.05) is 12.8 Å². The van der Waals surface area contributed by atoms with Crippen LogP contribution in [-0.2, 0) is 38.7 Å². The Kier molecular flexibility index (Phi) is 33.3. The molecule has 1 heterocycles. The van der Waals surface area contributed by atoms with Gasteiger partial charge in [-0.3, -0.25) is 14.1 Å². The van der Waals surface area contributed by atoms with Gasteiger partial charge in [-0.2, -0.15) is 8.42 Å². The molecule has 0 saturated carbocycles. The molecule has 4 N–H and O–H groups in total. The highest BCUT2D eigenvalue weighted by molar-refractivity contribution is 7.85. The van der Waals surface area contributed by atoms with E-state index in [9.17, 15) is 37.9 Å². The Bertz CT molecular complexity index is 1430. The van der Waals surface area contributed by atoms with E-state index in [4.69, 9.17) is 18.9 Å². The lowest BCUT2D eigenvalue weighted by molar-refractivity contribution is -0.297. The number of aliphatic hydroxyl groups excluding tert-OH is 3. The van der Waals surface area contributed by atoms with E-state index in [0.717, 1.165) is 77.0 Å². The lowest BCUT2D eigenvalue weighted by Crippen LogP contribution is -2.60. The highest BCUT2D eigenvalue weighted by atomic mass is 32.2. The molecule has 0 aromatic rings. The van der Waals surface area contributed by atoms with Crippen LogP contribution in [0.15, 0.2) is 85.1 Å². The fraction of sp³-hybridized carbons (Fsp3) is 0.660. The van der Waals surface area contributed by atoms with Crippen molar-refractivity contribution in [1.29, 1.82) is 0 Å². The van der Waals surface area contributed by atoms with Crippen LogP contribution in [0.1, 0.15) is 142 Å². The molecule has 342 valence electrons. The van der Waals surface area contributed by atoms with E-state index in [1.165, 1.54) is 25.7 Å². The lowest BCUT2D eigenvalue weighted by Gasteiger charge is -2.40. The Labute approximate surface area is 360 Å². The number of allylic oxidation sites excluding steroid dienone is 14. The number of ether oxygens (including phenoxy) is 4. The Balaban J connectivity index is 2.52. The van der Waals surface area contributed by atoms with Crippen LogP contribution in [0.4, 0.5) is 0 Å². The van der Waals surface area contributed by atoms with Gasteiger partial charge in [0.25, 0.3) is 10.1 Å². The van der Waals surface area contributed by atoms with Crippen LogP contribution in [0.3, 0.4) is 0 Å². The molecule has 6 atom stereocenters. The molecule has 1 aliphatic rings. The second-order valence-electron chi connectivity index (χ2n) is 15.0. The van der Waals surface area contributed by atoms with E-state index in [-0.39, 0.29) is 19.4 Å². The minimum Gasteiger partial charge on any atom is -0.462 e. The monoisotopic (exact) mass is 865 g/mol. The molecule has 0 aromatic heterocycles. The minimum absolute atomic E-state index is 0.0876. The van der Waals surface area contributed by atoms with Crippen LogP contribution in [-0.4, -0.2) is 96.0 Å². The van der Waals surface area contributed by atoms with Gasteiger partial charge in [-0.15, -0.1) is 0 Å². The summed E-state index contributed by atoms with van der Waals surface area (Å²) >= 11 is 0. The Morgan fingerprint density at radius 3 is 1.63 bits per heavy atom. The molecular formula is C47H76O12S. The van der Waals surface area contributed by atoms with Crippen molar-refractivity contribution in [2.45, 2.75) is 179 Å². The van der Waals surface area contributed by atoms with Gasteiger partial charge in [0.05, 0.1) is 6.61 Å². The fourth-order valence-corrected chi connectivity index (χ4v) is 6.74. The maximum Gasteiger partial charge on any atom is 0.306 e. The third-order valence-electron chi connectivity index (χ3n) is 9.47. The molecule has 12 nitrogen and oxygen atoms in total. The second-order valence-corrected chi connectivity index (χ2v) is 16.5. The van der Waals surface area contributed by atoms with E-state index in [2.05, 4.69) is 86.8 Å². The molecular weight excluding hydrogens is 789 g/mol. The van der Waals surface area contributed by atoms with Gasteiger partial charge in [-0.1, -0.05) is 137 Å². The summed E-state index contributed by atoms with van der Waals surface area (Å²) in [5.41, 5.74) is 0. The average Bonchev–Trinajstić information content (AvgIpc) is 3.21. The standard InChI is InChI=1S/C47H76O12S/c1-3-5-7-9-11-13-15-17-18-19-20-21-22-24-25-27-29-31-33-35-42(48)56-37-40(38-57-47-46(52)45(51)44(50)41(59-47)39-60(53,54)55)58-43(49)36-34-32-30-28-26-23-16-14-12-10-8-6-4-2/h5,7,11,13-14,16-18,20-21,24-25,29,31,40-41,44-47,50-52H,3-4,6,8-10,12,15,19,22-23,26-28,30,32-39H2,1-2H3,(H,53,54,55)/b7-5+,13-11+,16-14+,18-17+,21-20+,25-24+,31-29+/t40-,41-,44-,45?,46?,47+/m1/s1. The predicted octanol–water partition coefficient (Wildman–Crippen LogP) is 8.89. The Hall–Kier alpha value is -3.17. The molecule has 0 aromatic carbocycles. The first-order valence-electron chi connectivity index (χ1n) is 22.1. The van der Waals surface area contributed by atoms with E-state index >= 15 is 0 Å². The predicted molar refractivity (Wildman–Crippen MR) is 238 cm³/mol. The number of esters is 2. The second kappa shape index (κ2) is 36.5. The van der Waals surface area contributed by atoms with Crippen molar-refractivity contribution in [3.63, 3.8) is 0 Å². The number of rotatable bonds is 35. The van der Waals surface area contributed by atoms with Gasteiger partial charge in [0.1, 0.15) is 36.8 Å². The quantitative estimate of drug-likeness (QED) is 0.0206. The number of aliphatic hydroxyl groups is 3. The van der Waals surface area contributed by atoms with Gasteiger partial charge in [0.15, 0.2) is 12.4 Å². The highest BCUT2D eigenvalue weighted by Crippen LogP contribution is 2.24. The summed E-state index contributed by atoms with van der Waals surface area (Å²) in [6.07, 6.45) is 37.9. The Morgan fingerprint density at radius 2 is 1.08 bits per heavy atom. The average molecular weight is 865 g/mol. The van der Waals surface area contributed by atoms with Crippen molar-refractivity contribution in [2.24, 2.45) is 0 Å². The van der Waals surface area contributed by atoms with Gasteiger partial charge in [-0.25, -0.2) is 0 Å². The van der Waals surface area contributed by atoms with Gasteiger partial charge < -0.3 is 34.3 Å². The lowest BCUT2D eigenvalue weighted by atomic mass is 10.00. The van der Waals surface area contributed by atoms with Crippen molar-refractivity contribution >= 4 is 22.1 Å². The fourth-order valence-electron chi connectivity index (χ4n) is 6.05. The van der Waals surface area contributed by atoms with E-state index in [0.29, 0.717) is 12.8 Å². The molecule has 1 fully saturated rings. The topological polar surface area (TPSA) is 186 Å². The smallest absolute Gasteiger partial charge is 0.306 e. The largest absolute Gasteiger partial charge is 0.462 e. The SMILES string of the molecule is CC/C=C/C/C=C/C/C=C/C/C=C/C/C=C/C/C=C/CCC(=O)OC[C@H](CO[C@H]1O[C@H](CS(=O)(=O)O)[C@@H](O)C(O)C1O)OC(=O)CCCCCCC/C=C/CCCCCC. The van der Waals surface area contributed by atoms with Crippen LogP contribution in [0.5, 0.6) is 0 Å². The molecule has 0 bridgehead atoms. The minimum atomic E-state index is -4.61. The van der Waals surface area contributed by atoms with Crippen molar-refractivity contribution < 1.29 is 56.8 Å². The van der Waals surface area contributed by atoms with E-state index < -0.39 is 71.2 Å². The zero-order chi connectivity index (χ0) is 44.1. The molecule has 0 spiro atoms. The summed E-state index contributed by atoms with van der Waals surface area (Å²) in [5.74, 6) is -2.11. The zero-order valence-electron chi connectivity index (χ0n) is 36.3. The van der Waals surface area contributed by atoms with Gasteiger partial charge >= 0.3 is 11.9 Å². The third kappa shape index (κ3) is 30.8. The third-order valence-corrected chi connectivity index (χ3v) is 10.2. The van der Waals surface area contributed by atoms with Crippen LogP contribution < -0.4 is 0 Å². The first kappa shape index (κ1) is 54.8. The van der Waals surface area contributed by atoms with Crippen LogP contribution in [0.2, 0.25) is 0 Å². The molecule has 0 radical (unpaired) electrons. The normalized spacial score (nSPS) is 20.9. The molecule has 2 unspecified atom stereocenters. The molecule has 1 aliphatic heterocycles. The maximum absolute atomic E-state index is 12.8. The Morgan fingerprint density at radius 1 is 0.583 bits per heavy atom.